The Morgan fingerprint density at radius 3 is 2.41 bits per heavy atom. The van der Waals surface area contributed by atoms with E-state index in [0.29, 0.717) is 19.0 Å². The molecule has 0 amide bonds. The van der Waals surface area contributed by atoms with E-state index in [1.165, 1.54) is 37.8 Å². The van der Waals surface area contributed by atoms with Gasteiger partial charge in [-0.1, -0.05) is 54.2 Å². The molecule has 0 fully saturated rings. The lowest BCUT2D eigenvalue weighted by Crippen LogP contribution is -2.15. The highest BCUT2D eigenvalue weighted by Crippen LogP contribution is 2.34. The summed E-state index contributed by atoms with van der Waals surface area (Å²) in [5.74, 6) is 1.16. The van der Waals surface area contributed by atoms with Gasteiger partial charge in [-0.2, -0.15) is 0 Å². The van der Waals surface area contributed by atoms with Crippen molar-refractivity contribution in [2.45, 2.75) is 52.7 Å². The van der Waals surface area contributed by atoms with Crippen molar-refractivity contribution in [3.8, 4) is 11.5 Å². The average Bonchev–Trinajstić information content (AvgIpc) is 2.67. The molecule has 0 heterocycles. The summed E-state index contributed by atoms with van der Waals surface area (Å²) >= 11 is 3.64. The molecule has 1 N–H and O–H groups in total. The lowest BCUT2D eigenvalue weighted by atomic mass is 10.1. The molecular formula is C22H29BrFNO2. The maximum Gasteiger partial charge on any atom is 0.162 e. The second-order valence-electron chi connectivity index (χ2n) is 6.48. The Morgan fingerprint density at radius 2 is 1.70 bits per heavy atom. The molecule has 2 aromatic carbocycles. The Labute approximate surface area is 170 Å². The van der Waals surface area contributed by atoms with Crippen molar-refractivity contribution >= 4 is 15.9 Å². The first kappa shape index (κ1) is 21.7. The van der Waals surface area contributed by atoms with E-state index in [-0.39, 0.29) is 5.82 Å². The fraction of sp³-hybridized carbons (Fsp3) is 0.455. The van der Waals surface area contributed by atoms with Crippen LogP contribution in [0.3, 0.4) is 0 Å². The molecule has 0 saturated heterocycles. The van der Waals surface area contributed by atoms with Gasteiger partial charge in [-0.15, -0.1) is 0 Å². The van der Waals surface area contributed by atoms with Crippen LogP contribution in [-0.2, 0) is 13.2 Å². The third kappa shape index (κ3) is 7.51. The van der Waals surface area contributed by atoms with Gasteiger partial charge in [-0.05, 0) is 55.3 Å². The van der Waals surface area contributed by atoms with Crippen LogP contribution in [0.5, 0.6) is 11.5 Å². The summed E-state index contributed by atoms with van der Waals surface area (Å²) in [6.45, 7) is 6.90. The van der Waals surface area contributed by atoms with Crippen molar-refractivity contribution in [1.29, 1.82) is 0 Å². The molecule has 0 saturated carbocycles. The van der Waals surface area contributed by atoms with Gasteiger partial charge in [-0.3, -0.25) is 0 Å². The molecule has 0 aliphatic carbocycles. The Bertz CT molecular complexity index is 691. The van der Waals surface area contributed by atoms with Crippen molar-refractivity contribution in [3.05, 3.63) is 57.8 Å². The highest BCUT2D eigenvalue weighted by molar-refractivity contribution is 9.10. The summed E-state index contributed by atoms with van der Waals surface area (Å²) in [5.41, 5.74) is 2.05. The average molecular weight is 438 g/mol. The molecule has 2 rings (SSSR count). The zero-order valence-electron chi connectivity index (χ0n) is 16.2. The van der Waals surface area contributed by atoms with E-state index in [0.717, 1.165) is 34.4 Å². The SMILES string of the molecule is CCCCCCNCc1cc(OCC)c(OCc2ccc(F)cc2)cc1Br. The van der Waals surface area contributed by atoms with E-state index in [1.54, 1.807) is 12.1 Å². The third-order valence-corrected chi connectivity index (χ3v) is 4.98. The van der Waals surface area contributed by atoms with Crippen LogP contribution in [0, 0.1) is 5.82 Å². The molecule has 0 atom stereocenters. The maximum atomic E-state index is 13.0. The van der Waals surface area contributed by atoms with Gasteiger partial charge in [0.25, 0.3) is 0 Å². The van der Waals surface area contributed by atoms with E-state index in [9.17, 15) is 4.39 Å². The van der Waals surface area contributed by atoms with Crippen LogP contribution in [0.4, 0.5) is 4.39 Å². The first-order chi connectivity index (χ1) is 13.1. The number of hydrogen-bond donors (Lipinski definition) is 1. The van der Waals surface area contributed by atoms with Crippen LogP contribution in [0.1, 0.15) is 50.7 Å². The lowest BCUT2D eigenvalue weighted by molar-refractivity contribution is 0.268. The van der Waals surface area contributed by atoms with Crippen molar-refractivity contribution < 1.29 is 13.9 Å². The number of benzene rings is 2. The Balaban J connectivity index is 1.98. The van der Waals surface area contributed by atoms with Gasteiger partial charge >= 0.3 is 0 Å². The quantitative estimate of drug-likeness (QED) is 0.398. The molecule has 0 aliphatic heterocycles. The van der Waals surface area contributed by atoms with Gasteiger partial charge in [0.2, 0.25) is 0 Å². The van der Waals surface area contributed by atoms with Crippen molar-refractivity contribution in [1.82, 2.24) is 5.32 Å². The van der Waals surface area contributed by atoms with Gasteiger partial charge in [0.1, 0.15) is 12.4 Å². The van der Waals surface area contributed by atoms with Gasteiger partial charge in [0.15, 0.2) is 11.5 Å². The van der Waals surface area contributed by atoms with Crippen LogP contribution in [0.15, 0.2) is 40.9 Å². The monoisotopic (exact) mass is 437 g/mol. The van der Waals surface area contributed by atoms with Crippen LogP contribution < -0.4 is 14.8 Å². The molecule has 0 spiro atoms. The predicted molar refractivity (Wildman–Crippen MR) is 112 cm³/mol. The zero-order chi connectivity index (χ0) is 19.5. The summed E-state index contributed by atoms with van der Waals surface area (Å²) in [6.07, 6.45) is 5.01. The molecule has 0 unspecified atom stereocenters. The number of ether oxygens (including phenoxy) is 2. The molecule has 0 radical (unpaired) electrons. The van der Waals surface area contributed by atoms with Crippen molar-refractivity contribution in [3.63, 3.8) is 0 Å². The van der Waals surface area contributed by atoms with Crippen LogP contribution in [0.25, 0.3) is 0 Å². The normalized spacial score (nSPS) is 10.8. The topological polar surface area (TPSA) is 30.5 Å². The maximum absolute atomic E-state index is 13.0. The number of halogens is 2. The molecule has 0 bridgehead atoms. The highest BCUT2D eigenvalue weighted by Gasteiger charge is 2.11. The highest BCUT2D eigenvalue weighted by atomic mass is 79.9. The minimum absolute atomic E-state index is 0.247. The smallest absolute Gasteiger partial charge is 0.162 e. The van der Waals surface area contributed by atoms with Crippen molar-refractivity contribution in [2.24, 2.45) is 0 Å². The van der Waals surface area contributed by atoms with Gasteiger partial charge in [0.05, 0.1) is 6.61 Å². The first-order valence-electron chi connectivity index (χ1n) is 9.67. The Kier molecular flexibility index (Phi) is 9.64. The van der Waals surface area contributed by atoms with Crippen molar-refractivity contribution in [2.75, 3.05) is 13.2 Å². The second-order valence-corrected chi connectivity index (χ2v) is 7.33. The molecule has 2 aromatic rings. The van der Waals surface area contributed by atoms with Gasteiger partial charge in [0, 0.05) is 11.0 Å². The summed E-state index contributed by atoms with van der Waals surface area (Å²) < 4.78 is 25.7. The predicted octanol–water partition coefficient (Wildman–Crippen LogP) is 6.24. The number of unbranched alkanes of at least 4 members (excludes halogenated alkanes) is 3. The Hall–Kier alpha value is -1.59. The minimum Gasteiger partial charge on any atom is -0.490 e. The fourth-order valence-corrected chi connectivity index (χ4v) is 3.20. The van der Waals surface area contributed by atoms with E-state index >= 15 is 0 Å². The zero-order valence-corrected chi connectivity index (χ0v) is 17.8. The fourth-order valence-electron chi connectivity index (χ4n) is 2.74. The number of hydrogen-bond acceptors (Lipinski definition) is 3. The first-order valence-corrected chi connectivity index (χ1v) is 10.5. The van der Waals surface area contributed by atoms with E-state index in [2.05, 4.69) is 28.2 Å². The molecule has 0 aliphatic rings. The molecule has 0 aromatic heterocycles. The van der Waals surface area contributed by atoms with Crippen LogP contribution in [0.2, 0.25) is 0 Å². The second kappa shape index (κ2) is 12.0. The standard InChI is InChI=1S/C22H29BrFNO2/c1-3-5-6-7-12-25-15-18-13-21(26-4-2)22(14-20(18)23)27-16-17-8-10-19(24)11-9-17/h8-11,13-14,25H,3-7,12,15-16H2,1-2H3. The third-order valence-electron chi connectivity index (χ3n) is 4.24. The van der Waals surface area contributed by atoms with E-state index in [1.807, 2.05) is 19.1 Å². The summed E-state index contributed by atoms with van der Waals surface area (Å²) in [4.78, 5) is 0. The van der Waals surface area contributed by atoms with Gasteiger partial charge < -0.3 is 14.8 Å². The largest absolute Gasteiger partial charge is 0.490 e. The molecule has 5 heteroatoms. The molecule has 27 heavy (non-hydrogen) atoms. The molecule has 3 nitrogen and oxygen atoms in total. The van der Waals surface area contributed by atoms with Crippen LogP contribution in [-0.4, -0.2) is 13.2 Å². The molecule has 148 valence electrons. The van der Waals surface area contributed by atoms with E-state index < -0.39 is 0 Å². The van der Waals surface area contributed by atoms with Crippen LogP contribution >= 0.6 is 15.9 Å². The lowest BCUT2D eigenvalue weighted by Gasteiger charge is -2.15. The van der Waals surface area contributed by atoms with E-state index in [4.69, 9.17) is 9.47 Å². The minimum atomic E-state index is -0.247. The number of nitrogens with one attached hydrogen (secondary N) is 1. The number of rotatable bonds is 12. The van der Waals surface area contributed by atoms with Gasteiger partial charge in [-0.25, -0.2) is 4.39 Å². The summed E-state index contributed by atoms with van der Waals surface area (Å²) in [5, 5.41) is 3.49. The summed E-state index contributed by atoms with van der Waals surface area (Å²) in [6, 6.07) is 10.3. The molecular weight excluding hydrogens is 409 g/mol. The Morgan fingerprint density at radius 1 is 0.963 bits per heavy atom. The summed E-state index contributed by atoms with van der Waals surface area (Å²) in [7, 11) is 0.